The van der Waals surface area contributed by atoms with Crippen molar-refractivity contribution in [1.29, 1.82) is 0 Å². The van der Waals surface area contributed by atoms with Crippen LogP contribution in [-0.4, -0.2) is 28.4 Å². The third kappa shape index (κ3) is 3.57. The van der Waals surface area contributed by atoms with Crippen LogP contribution in [0.2, 0.25) is 5.15 Å². The Morgan fingerprint density at radius 3 is 2.72 bits per heavy atom. The predicted octanol–water partition coefficient (Wildman–Crippen LogP) is 3.33. The number of aromatic nitrogens is 1. The standard InChI is InChI=1S/C14H19ClN2O/c1-5-7-17(10(3)4)14(18)11-8-12(6-2)16-13(15)9-11/h5,8-10H,1,6-7H2,2-4H3. The van der Waals surface area contributed by atoms with Crippen molar-refractivity contribution in [2.75, 3.05) is 6.54 Å². The maximum Gasteiger partial charge on any atom is 0.254 e. The first-order valence-corrected chi connectivity index (χ1v) is 6.45. The highest BCUT2D eigenvalue weighted by Gasteiger charge is 2.18. The third-order valence-corrected chi connectivity index (χ3v) is 2.86. The van der Waals surface area contributed by atoms with E-state index < -0.39 is 0 Å². The molecular weight excluding hydrogens is 248 g/mol. The predicted molar refractivity (Wildman–Crippen MR) is 75.0 cm³/mol. The summed E-state index contributed by atoms with van der Waals surface area (Å²) < 4.78 is 0. The fourth-order valence-corrected chi connectivity index (χ4v) is 1.92. The van der Waals surface area contributed by atoms with Crippen LogP contribution >= 0.6 is 11.6 Å². The average Bonchev–Trinajstić information content (AvgIpc) is 2.33. The maximum absolute atomic E-state index is 12.4. The molecule has 0 aliphatic rings. The number of pyridine rings is 1. The van der Waals surface area contributed by atoms with Crippen LogP contribution in [0.3, 0.4) is 0 Å². The monoisotopic (exact) mass is 266 g/mol. The fourth-order valence-electron chi connectivity index (χ4n) is 1.69. The number of amides is 1. The topological polar surface area (TPSA) is 33.2 Å². The molecule has 1 rings (SSSR count). The lowest BCUT2D eigenvalue weighted by molar-refractivity contribution is 0.0728. The van der Waals surface area contributed by atoms with Crippen LogP contribution in [0, 0.1) is 0 Å². The summed E-state index contributed by atoms with van der Waals surface area (Å²) in [5.74, 6) is -0.0381. The minimum Gasteiger partial charge on any atom is -0.333 e. The molecule has 98 valence electrons. The zero-order valence-electron chi connectivity index (χ0n) is 11.1. The minimum absolute atomic E-state index is 0.0381. The van der Waals surface area contributed by atoms with Gasteiger partial charge in [0.1, 0.15) is 5.15 Å². The Balaban J connectivity index is 3.07. The van der Waals surface area contributed by atoms with Gasteiger partial charge in [0.05, 0.1) is 0 Å². The molecule has 1 aromatic heterocycles. The van der Waals surface area contributed by atoms with Crippen LogP contribution in [-0.2, 0) is 6.42 Å². The summed E-state index contributed by atoms with van der Waals surface area (Å²) in [6, 6.07) is 3.53. The highest BCUT2D eigenvalue weighted by molar-refractivity contribution is 6.29. The number of halogens is 1. The molecule has 0 unspecified atom stereocenters. The molecule has 0 radical (unpaired) electrons. The van der Waals surface area contributed by atoms with E-state index in [2.05, 4.69) is 11.6 Å². The zero-order valence-corrected chi connectivity index (χ0v) is 11.9. The lowest BCUT2D eigenvalue weighted by Gasteiger charge is -2.25. The van der Waals surface area contributed by atoms with E-state index in [1.165, 1.54) is 0 Å². The van der Waals surface area contributed by atoms with Crippen LogP contribution < -0.4 is 0 Å². The van der Waals surface area contributed by atoms with E-state index in [-0.39, 0.29) is 11.9 Å². The number of aryl methyl sites for hydroxylation is 1. The highest BCUT2D eigenvalue weighted by Crippen LogP contribution is 2.15. The summed E-state index contributed by atoms with van der Waals surface area (Å²) >= 11 is 5.93. The number of carbonyl (C=O) groups excluding carboxylic acids is 1. The molecule has 3 nitrogen and oxygen atoms in total. The number of carbonyl (C=O) groups is 1. The summed E-state index contributed by atoms with van der Waals surface area (Å²) in [6.07, 6.45) is 2.48. The summed E-state index contributed by atoms with van der Waals surface area (Å²) in [4.78, 5) is 18.3. The van der Waals surface area contributed by atoms with Crippen molar-refractivity contribution >= 4 is 17.5 Å². The van der Waals surface area contributed by atoms with Gasteiger partial charge in [-0.25, -0.2) is 4.98 Å². The van der Waals surface area contributed by atoms with E-state index in [4.69, 9.17) is 11.6 Å². The summed E-state index contributed by atoms with van der Waals surface area (Å²) in [5, 5.41) is 0.361. The lowest BCUT2D eigenvalue weighted by Crippen LogP contribution is -2.37. The second kappa shape index (κ2) is 6.55. The maximum atomic E-state index is 12.4. The van der Waals surface area contributed by atoms with Crippen molar-refractivity contribution in [3.8, 4) is 0 Å². The van der Waals surface area contributed by atoms with Gasteiger partial charge < -0.3 is 4.90 Å². The van der Waals surface area contributed by atoms with E-state index >= 15 is 0 Å². The molecule has 0 saturated heterocycles. The smallest absolute Gasteiger partial charge is 0.254 e. The minimum atomic E-state index is -0.0381. The molecule has 1 amide bonds. The second-order valence-corrected chi connectivity index (χ2v) is 4.75. The molecule has 0 spiro atoms. The van der Waals surface area contributed by atoms with Crippen LogP contribution in [0.15, 0.2) is 24.8 Å². The SMILES string of the molecule is C=CCN(C(=O)c1cc(Cl)nc(CC)c1)C(C)C. The zero-order chi connectivity index (χ0) is 13.7. The summed E-state index contributed by atoms with van der Waals surface area (Å²) in [5.41, 5.74) is 1.41. The van der Waals surface area contributed by atoms with Crippen LogP contribution in [0.25, 0.3) is 0 Å². The van der Waals surface area contributed by atoms with Gasteiger partial charge in [0.15, 0.2) is 0 Å². The summed E-state index contributed by atoms with van der Waals surface area (Å²) in [7, 11) is 0. The van der Waals surface area contributed by atoms with Crippen molar-refractivity contribution in [2.45, 2.75) is 33.2 Å². The Morgan fingerprint density at radius 2 is 2.22 bits per heavy atom. The molecule has 0 bridgehead atoms. The van der Waals surface area contributed by atoms with Crippen LogP contribution in [0.4, 0.5) is 0 Å². The number of hydrogen-bond acceptors (Lipinski definition) is 2. The van der Waals surface area contributed by atoms with Gasteiger partial charge in [0.25, 0.3) is 5.91 Å². The third-order valence-electron chi connectivity index (χ3n) is 2.67. The van der Waals surface area contributed by atoms with Gasteiger partial charge in [0.2, 0.25) is 0 Å². The molecule has 1 heterocycles. The van der Waals surface area contributed by atoms with E-state index in [0.717, 1.165) is 12.1 Å². The van der Waals surface area contributed by atoms with Crippen molar-refractivity contribution in [3.05, 3.63) is 41.2 Å². The van der Waals surface area contributed by atoms with Gasteiger partial charge in [0, 0.05) is 23.8 Å². The molecule has 1 aromatic rings. The van der Waals surface area contributed by atoms with Crippen molar-refractivity contribution < 1.29 is 4.79 Å². The molecular formula is C14H19ClN2O. The molecule has 0 aliphatic heterocycles. The fraction of sp³-hybridized carbons (Fsp3) is 0.429. The quantitative estimate of drug-likeness (QED) is 0.605. The number of hydrogen-bond donors (Lipinski definition) is 0. The Bertz CT molecular complexity index is 443. The molecule has 18 heavy (non-hydrogen) atoms. The Labute approximate surface area is 113 Å². The first kappa shape index (κ1) is 14.7. The highest BCUT2D eigenvalue weighted by atomic mass is 35.5. The van der Waals surface area contributed by atoms with Crippen LogP contribution in [0.5, 0.6) is 0 Å². The van der Waals surface area contributed by atoms with Crippen LogP contribution in [0.1, 0.15) is 36.8 Å². The van der Waals surface area contributed by atoms with Crippen molar-refractivity contribution in [3.63, 3.8) is 0 Å². The van der Waals surface area contributed by atoms with Gasteiger partial charge in [-0.3, -0.25) is 4.79 Å². The van der Waals surface area contributed by atoms with E-state index in [9.17, 15) is 4.79 Å². The lowest BCUT2D eigenvalue weighted by atomic mass is 10.1. The van der Waals surface area contributed by atoms with E-state index in [0.29, 0.717) is 17.3 Å². The van der Waals surface area contributed by atoms with Gasteiger partial charge >= 0.3 is 0 Å². The normalized spacial score (nSPS) is 10.5. The second-order valence-electron chi connectivity index (χ2n) is 4.36. The first-order chi connectivity index (χ1) is 8.49. The molecule has 4 heteroatoms. The van der Waals surface area contributed by atoms with Crippen molar-refractivity contribution in [2.24, 2.45) is 0 Å². The average molecular weight is 267 g/mol. The van der Waals surface area contributed by atoms with E-state index in [1.54, 1.807) is 23.1 Å². The van der Waals surface area contributed by atoms with Gasteiger partial charge in [-0.1, -0.05) is 24.6 Å². The first-order valence-electron chi connectivity index (χ1n) is 6.07. The van der Waals surface area contributed by atoms with Crippen molar-refractivity contribution in [1.82, 2.24) is 9.88 Å². The molecule has 0 atom stereocenters. The van der Waals surface area contributed by atoms with E-state index in [1.807, 2.05) is 20.8 Å². The molecule has 0 fully saturated rings. The molecule has 0 aliphatic carbocycles. The van der Waals surface area contributed by atoms with Gasteiger partial charge in [-0.15, -0.1) is 6.58 Å². The van der Waals surface area contributed by atoms with Gasteiger partial charge in [-0.2, -0.15) is 0 Å². The molecule has 0 N–H and O–H groups in total. The Kier molecular flexibility index (Phi) is 5.35. The molecule has 0 saturated carbocycles. The Morgan fingerprint density at radius 1 is 1.56 bits per heavy atom. The Hall–Kier alpha value is -1.35. The number of nitrogens with zero attached hydrogens (tertiary/aromatic N) is 2. The largest absolute Gasteiger partial charge is 0.333 e. The molecule has 0 aromatic carbocycles. The number of rotatable bonds is 5. The van der Waals surface area contributed by atoms with Gasteiger partial charge in [-0.05, 0) is 32.4 Å². The summed E-state index contributed by atoms with van der Waals surface area (Å²) in [6.45, 7) is 10.1.